The summed E-state index contributed by atoms with van der Waals surface area (Å²) in [6.45, 7) is 0. The summed E-state index contributed by atoms with van der Waals surface area (Å²) in [5, 5.41) is 9.36. The number of carboxylic acids is 1. The highest BCUT2D eigenvalue weighted by molar-refractivity contribution is 5.95. The third-order valence-corrected chi connectivity index (χ3v) is 4.26. The molecule has 1 heterocycles. The zero-order valence-electron chi connectivity index (χ0n) is 14.4. The van der Waals surface area contributed by atoms with E-state index in [0.717, 1.165) is 17.7 Å². The molecule has 0 bridgehead atoms. The number of aromatic nitrogens is 1. The van der Waals surface area contributed by atoms with Gasteiger partial charge in [-0.1, -0.05) is 0 Å². The molecule has 0 saturated carbocycles. The number of halogens is 6. The zero-order chi connectivity index (χ0) is 21.6. The number of rotatable bonds is 3. The van der Waals surface area contributed by atoms with Crippen molar-refractivity contribution in [3.8, 4) is 22.5 Å². The van der Waals surface area contributed by atoms with Crippen molar-refractivity contribution in [2.75, 3.05) is 0 Å². The van der Waals surface area contributed by atoms with Gasteiger partial charge in [-0.05, 0) is 24.3 Å². The standard InChI is InChI=1S/C19H9F6NO3/c1-26-11(7-2-4-9(20)16(24)14(7)22)6-12(27)13(19(28)29)18(26)8-3-5-10(21)17(25)15(8)23/h2-6H,1H3,(H,28,29). The molecule has 2 aromatic carbocycles. The Kier molecular flexibility index (Phi) is 4.95. The molecule has 0 aliphatic carbocycles. The monoisotopic (exact) mass is 413 g/mol. The maximum atomic E-state index is 14.3. The molecule has 0 radical (unpaired) electrons. The fourth-order valence-corrected chi connectivity index (χ4v) is 2.91. The van der Waals surface area contributed by atoms with E-state index < -0.39 is 74.4 Å². The van der Waals surface area contributed by atoms with E-state index in [9.17, 15) is 41.0 Å². The van der Waals surface area contributed by atoms with Gasteiger partial charge in [0.2, 0.25) is 0 Å². The number of hydrogen-bond acceptors (Lipinski definition) is 2. The Labute approximate surface area is 158 Å². The van der Waals surface area contributed by atoms with Crippen LogP contribution in [0, 0.1) is 34.9 Å². The van der Waals surface area contributed by atoms with Gasteiger partial charge in [0.25, 0.3) is 0 Å². The van der Waals surface area contributed by atoms with Crippen LogP contribution in [0.2, 0.25) is 0 Å². The molecule has 0 spiro atoms. The minimum atomic E-state index is -1.92. The molecule has 1 N–H and O–H groups in total. The molecule has 0 saturated heterocycles. The Morgan fingerprint density at radius 1 is 0.828 bits per heavy atom. The quantitative estimate of drug-likeness (QED) is 0.516. The highest BCUT2D eigenvalue weighted by atomic mass is 19.2. The summed E-state index contributed by atoms with van der Waals surface area (Å²) in [5.41, 5.74) is -4.86. The predicted molar refractivity (Wildman–Crippen MR) is 89.3 cm³/mol. The molecule has 29 heavy (non-hydrogen) atoms. The van der Waals surface area contributed by atoms with Gasteiger partial charge in [-0.3, -0.25) is 4.79 Å². The Morgan fingerprint density at radius 2 is 1.31 bits per heavy atom. The van der Waals surface area contributed by atoms with E-state index in [4.69, 9.17) is 0 Å². The molecular weight excluding hydrogens is 404 g/mol. The molecule has 3 rings (SSSR count). The summed E-state index contributed by atoms with van der Waals surface area (Å²) >= 11 is 0. The van der Waals surface area contributed by atoms with E-state index in [1.165, 1.54) is 0 Å². The number of nitrogens with zero attached hydrogens (tertiary/aromatic N) is 1. The molecule has 1 aromatic heterocycles. The van der Waals surface area contributed by atoms with E-state index in [1.54, 1.807) is 0 Å². The molecule has 0 unspecified atom stereocenters. The molecule has 0 amide bonds. The number of pyridine rings is 1. The summed E-state index contributed by atoms with van der Waals surface area (Å²) < 4.78 is 83.1. The summed E-state index contributed by atoms with van der Waals surface area (Å²) in [7, 11) is 1.07. The van der Waals surface area contributed by atoms with Crippen LogP contribution in [0.5, 0.6) is 0 Å². The van der Waals surface area contributed by atoms with Crippen molar-refractivity contribution < 1.29 is 36.2 Å². The summed E-state index contributed by atoms with van der Waals surface area (Å²) in [6.07, 6.45) is 0. The van der Waals surface area contributed by atoms with Gasteiger partial charge in [-0.15, -0.1) is 0 Å². The lowest BCUT2D eigenvalue weighted by atomic mass is 10.0. The Balaban J connectivity index is 2.47. The fraction of sp³-hybridized carbons (Fsp3) is 0.0526. The van der Waals surface area contributed by atoms with Crippen molar-refractivity contribution in [3.05, 3.63) is 81.0 Å². The van der Waals surface area contributed by atoms with Crippen molar-refractivity contribution in [2.45, 2.75) is 0 Å². The van der Waals surface area contributed by atoms with Gasteiger partial charge in [-0.25, -0.2) is 31.1 Å². The van der Waals surface area contributed by atoms with Crippen LogP contribution in [-0.4, -0.2) is 15.6 Å². The molecule has 0 fully saturated rings. The number of aromatic carboxylic acids is 1. The molecule has 4 nitrogen and oxygen atoms in total. The molecule has 150 valence electrons. The summed E-state index contributed by atoms with van der Waals surface area (Å²) in [6, 6.07) is 3.19. The third-order valence-electron chi connectivity index (χ3n) is 4.26. The van der Waals surface area contributed by atoms with Gasteiger partial charge in [0, 0.05) is 24.2 Å². The SMILES string of the molecule is Cn1c(-c2ccc(F)c(F)c2F)cc(=O)c(C(=O)O)c1-c1ccc(F)c(F)c1F. The first-order valence-corrected chi connectivity index (χ1v) is 7.81. The second-order valence-electron chi connectivity index (χ2n) is 5.93. The van der Waals surface area contributed by atoms with Crippen LogP contribution in [0.15, 0.2) is 35.1 Å². The van der Waals surface area contributed by atoms with Gasteiger partial charge in [-0.2, -0.15) is 0 Å². The maximum absolute atomic E-state index is 14.3. The molecule has 0 aliphatic rings. The van der Waals surface area contributed by atoms with E-state index in [0.29, 0.717) is 24.3 Å². The van der Waals surface area contributed by atoms with Gasteiger partial charge < -0.3 is 9.67 Å². The lowest BCUT2D eigenvalue weighted by Crippen LogP contribution is -2.22. The average Bonchev–Trinajstić information content (AvgIpc) is 2.66. The number of carboxylic acid groups (broad SMARTS) is 1. The fourth-order valence-electron chi connectivity index (χ4n) is 2.91. The normalized spacial score (nSPS) is 11.0. The first kappa shape index (κ1) is 20.2. The Morgan fingerprint density at radius 3 is 1.83 bits per heavy atom. The van der Waals surface area contributed by atoms with Crippen molar-refractivity contribution in [1.29, 1.82) is 0 Å². The Hall–Kier alpha value is -3.56. The van der Waals surface area contributed by atoms with Crippen molar-refractivity contribution >= 4 is 5.97 Å². The van der Waals surface area contributed by atoms with Crippen LogP contribution in [0.4, 0.5) is 26.3 Å². The number of carbonyl (C=O) groups is 1. The van der Waals surface area contributed by atoms with E-state index in [1.807, 2.05) is 0 Å². The van der Waals surface area contributed by atoms with Gasteiger partial charge in [0.15, 0.2) is 40.3 Å². The first-order valence-electron chi connectivity index (χ1n) is 7.81. The number of hydrogen-bond donors (Lipinski definition) is 1. The molecule has 3 aromatic rings. The van der Waals surface area contributed by atoms with E-state index >= 15 is 0 Å². The number of benzene rings is 2. The second kappa shape index (κ2) is 7.12. The second-order valence-corrected chi connectivity index (χ2v) is 5.93. The van der Waals surface area contributed by atoms with Gasteiger partial charge in [0.05, 0.1) is 11.4 Å². The van der Waals surface area contributed by atoms with E-state index in [-0.39, 0.29) is 0 Å². The van der Waals surface area contributed by atoms with Crippen LogP contribution >= 0.6 is 0 Å². The van der Waals surface area contributed by atoms with Gasteiger partial charge in [0.1, 0.15) is 5.56 Å². The van der Waals surface area contributed by atoms with Crippen LogP contribution in [0.25, 0.3) is 22.5 Å². The molecular formula is C19H9F6NO3. The predicted octanol–water partition coefficient (Wildman–Crippen LogP) is 4.25. The molecule has 10 heteroatoms. The van der Waals surface area contributed by atoms with E-state index in [2.05, 4.69) is 0 Å². The van der Waals surface area contributed by atoms with Crippen LogP contribution in [-0.2, 0) is 7.05 Å². The third kappa shape index (κ3) is 3.16. The lowest BCUT2D eigenvalue weighted by Gasteiger charge is -2.18. The van der Waals surface area contributed by atoms with Crippen LogP contribution in [0.1, 0.15) is 10.4 Å². The minimum Gasteiger partial charge on any atom is -0.477 e. The lowest BCUT2D eigenvalue weighted by molar-refractivity contribution is 0.0695. The maximum Gasteiger partial charge on any atom is 0.341 e. The topological polar surface area (TPSA) is 59.3 Å². The van der Waals surface area contributed by atoms with Crippen molar-refractivity contribution in [2.24, 2.45) is 7.05 Å². The highest BCUT2D eigenvalue weighted by Crippen LogP contribution is 2.32. The minimum absolute atomic E-state index is 0.449. The van der Waals surface area contributed by atoms with Crippen molar-refractivity contribution in [1.82, 2.24) is 4.57 Å². The van der Waals surface area contributed by atoms with Crippen LogP contribution < -0.4 is 5.43 Å². The largest absolute Gasteiger partial charge is 0.477 e. The van der Waals surface area contributed by atoms with Crippen molar-refractivity contribution in [3.63, 3.8) is 0 Å². The molecule has 0 aliphatic heterocycles. The Bertz CT molecular complexity index is 1240. The average molecular weight is 413 g/mol. The summed E-state index contributed by atoms with van der Waals surface area (Å²) in [4.78, 5) is 23.9. The smallest absolute Gasteiger partial charge is 0.341 e. The highest BCUT2D eigenvalue weighted by Gasteiger charge is 2.27. The van der Waals surface area contributed by atoms with Gasteiger partial charge >= 0.3 is 5.97 Å². The first-order chi connectivity index (χ1) is 13.6. The summed E-state index contributed by atoms with van der Waals surface area (Å²) in [5.74, 6) is -12.1. The molecule has 0 atom stereocenters. The van der Waals surface area contributed by atoms with Crippen LogP contribution in [0.3, 0.4) is 0 Å². The zero-order valence-corrected chi connectivity index (χ0v) is 14.4.